The first-order valence-corrected chi connectivity index (χ1v) is 6.22. The van der Waals surface area contributed by atoms with E-state index in [0.717, 1.165) is 5.69 Å². The molecule has 0 atom stereocenters. The highest BCUT2D eigenvalue weighted by molar-refractivity contribution is 5.48. The Morgan fingerprint density at radius 2 is 2.10 bits per heavy atom. The van der Waals surface area contributed by atoms with E-state index in [1.807, 2.05) is 19.2 Å². The summed E-state index contributed by atoms with van der Waals surface area (Å²) < 4.78 is 10.7. The summed E-state index contributed by atoms with van der Waals surface area (Å²) in [5.41, 5.74) is 1.56. The molecule has 1 aromatic heterocycles. The number of nitro groups is 1. The number of hydrogen-bond acceptors (Lipinski definition) is 6. The Balaban J connectivity index is 2.17. The first kappa shape index (κ1) is 14.6. The summed E-state index contributed by atoms with van der Waals surface area (Å²) in [7, 11) is 3.29. The molecule has 0 aliphatic heterocycles. The fourth-order valence-electron chi connectivity index (χ4n) is 1.76. The van der Waals surface area contributed by atoms with Gasteiger partial charge in [0.15, 0.2) is 11.5 Å². The molecule has 0 saturated carbocycles. The first-order chi connectivity index (χ1) is 10.1. The van der Waals surface area contributed by atoms with Crippen LogP contribution in [-0.4, -0.2) is 24.1 Å². The minimum atomic E-state index is -0.480. The van der Waals surface area contributed by atoms with E-state index in [4.69, 9.17) is 9.47 Å². The maximum atomic E-state index is 10.8. The van der Waals surface area contributed by atoms with E-state index >= 15 is 0 Å². The third-order valence-corrected chi connectivity index (χ3v) is 2.84. The number of non-ortho nitro benzene ring substituents is 1. The van der Waals surface area contributed by atoms with Gasteiger partial charge in [0, 0.05) is 25.0 Å². The van der Waals surface area contributed by atoms with Crippen LogP contribution in [0.4, 0.5) is 11.4 Å². The van der Waals surface area contributed by atoms with Gasteiger partial charge in [-0.3, -0.25) is 15.1 Å². The zero-order chi connectivity index (χ0) is 15.2. The van der Waals surface area contributed by atoms with E-state index in [0.29, 0.717) is 17.2 Å². The number of pyridine rings is 1. The van der Waals surface area contributed by atoms with Crippen LogP contribution < -0.4 is 14.8 Å². The first-order valence-electron chi connectivity index (χ1n) is 6.22. The molecule has 0 amide bonds. The van der Waals surface area contributed by atoms with Crippen LogP contribution in [0.2, 0.25) is 0 Å². The van der Waals surface area contributed by atoms with Crippen LogP contribution in [0.3, 0.4) is 0 Å². The number of nitrogens with zero attached hydrogens (tertiary/aromatic N) is 2. The van der Waals surface area contributed by atoms with Gasteiger partial charge >= 0.3 is 0 Å². The molecule has 110 valence electrons. The van der Waals surface area contributed by atoms with Gasteiger partial charge in [0.25, 0.3) is 5.69 Å². The monoisotopic (exact) mass is 289 g/mol. The van der Waals surface area contributed by atoms with Crippen LogP contribution in [0.1, 0.15) is 5.69 Å². The number of methoxy groups -OCH3 is 1. The molecule has 21 heavy (non-hydrogen) atoms. The Morgan fingerprint density at radius 1 is 1.29 bits per heavy atom. The van der Waals surface area contributed by atoms with Crippen LogP contribution >= 0.6 is 0 Å². The molecule has 0 unspecified atom stereocenters. The molecule has 0 bridgehead atoms. The Hall–Kier alpha value is -2.83. The van der Waals surface area contributed by atoms with E-state index in [2.05, 4.69) is 10.3 Å². The van der Waals surface area contributed by atoms with Crippen LogP contribution in [0, 0.1) is 10.1 Å². The van der Waals surface area contributed by atoms with Gasteiger partial charge in [0.2, 0.25) is 0 Å². The summed E-state index contributed by atoms with van der Waals surface area (Å²) >= 11 is 0. The Kier molecular flexibility index (Phi) is 4.55. The molecule has 1 N–H and O–H groups in total. The van der Waals surface area contributed by atoms with Crippen molar-refractivity contribution in [2.45, 2.75) is 6.61 Å². The second-order valence-electron chi connectivity index (χ2n) is 4.17. The highest BCUT2D eigenvalue weighted by Gasteiger charge is 2.12. The molecule has 0 radical (unpaired) electrons. The smallest absolute Gasteiger partial charge is 0.273 e. The number of hydrogen-bond donors (Lipinski definition) is 1. The second kappa shape index (κ2) is 6.56. The van der Waals surface area contributed by atoms with Crippen LogP contribution in [0.5, 0.6) is 11.5 Å². The molecule has 7 heteroatoms. The minimum absolute atomic E-state index is 0.0530. The van der Waals surface area contributed by atoms with Crippen molar-refractivity contribution in [1.29, 1.82) is 0 Å². The van der Waals surface area contributed by atoms with Crippen molar-refractivity contribution in [3.05, 3.63) is 52.3 Å². The number of rotatable bonds is 6. The number of anilines is 1. The maximum absolute atomic E-state index is 10.8. The van der Waals surface area contributed by atoms with Gasteiger partial charge in [-0.05, 0) is 18.2 Å². The van der Waals surface area contributed by atoms with E-state index < -0.39 is 4.92 Å². The third kappa shape index (κ3) is 3.59. The standard InChI is InChI=1S/C14H15N3O4/c1-15-10-5-6-16-11(7-10)9-21-14-8-12(17(18)19)3-4-13(14)20-2/h3-8H,9H2,1-2H3,(H,15,16). The minimum Gasteiger partial charge on any atom is -0.493 e. The number of nitrogens with one attached hydrogen (secondary N) is 1. The lowest BCUT2D eigenvalue weighted by Gasteiger charge is -2.10. The molecule has 0 saturated heterocycles. The summed E-state index contributed by atoms with van der Waals surface area (Å²) in [5.74, 6) is 0.744. The van der Waals surface area contributed by atoms with Crippen molar-refractivity contribution in [2.24, 2.45) is 0 Å². The van der Waals surface area contributed by atoms with Crippen LogP contribution in [0.25, 0.3) is 0 Å². The lowest BCUT2D eigenvalue weighted by molar-refractivity contribution is -0.385. The number of aromatic nitrogens is 1. The van der Waals surface area contributed by atoms with Gasteiger partial charge < -0.3 is 14.8 Å². The highest BCUT2D eigenvalue weighted by Crippen LogP contribution is 2.31. The maximum Gasteiger partial charge on any atom is 0.273 e. The highest BCUT2D eigenvalue weighted by atomic mass is 16.6. The molecule has 0 aliphatic rings. The Labute approximate surface area is 121 Å². The SMILES string of the molecule is CNc1ccnc(COc2cc([N+](=O)[O-])ccc2OC)c1. The van der Waals surface area contributed by atoms with Crippen molar-refractivity contribution in [1.82, 2.24) is 4.98 Å². The van der Waals surface area contributed by atoms with E-state index in [1.165, 1.54) is 25.3 Å². The molecule has 7 nitrogen and oxygen atoms in total. The van der Waals surface area contributed by atoms with Crippen molar-refractivity contribution in [2.75, 3.05) is 19.5 Å². The third-order valence-electron chi connectivity index (χ3n) is 2.84. The predicted octanol–water partition coefficient (Wildman–Crippen LogP) is 2.62. The zero-order valence-electron chi connectivity index (χ0n) is 11.7. The molecule has 1 heterocycles. The fraction of sp³-hybridized carbons (Fsp3) is 0.214. The van der Waals surface area contributed by atoms with E-state index in [-0.39, 0.29) is 12.3 Å². The number of benzene rings is 1. The average molecular weight is 289 g/mol. The topological polar surface area (TPSA) is 86.5 Å². The van der Waals surface area contributed by atoms with Crippen molar-refractivity contribution in [3.63, 3.8) is 0 Å². The van der Waals surface area contributed by atoms with E-state index in [1.54, 1.807) is 6.20 Å². The summed E-state index contributed by atoms with van der Waals surface area (Å²) in [6, 6.07) is 7.87. The van der Waals surface area contributed by atoms with Gasteiger partial charge in [0.1, 0.15) is 6.61 Å². The zero-order valence-corrected chi connectivity index (χ0v) is 11.7. The summed E-state index contributed by atoms with van der Waals surface area (Å²) in [6.45, 7) is 0.188. The Morgan fingerprint density at radius 3 is 2.76 bits per heavy atom. The van der Waals surface area contributed by atoms with Gasteiger partial charge in [-0.15, -0.1) is 0 Å². The molecule has 2 aromatic rings. The molecular weight excluding hydrogens is 274 g/mol. The number of ether oxygens (including phenoxy) is 2. The predicted molar refractivity (Wildman–Crippen MR) is 77.8 cm³/mol. The molecule has 0 aliphatic carbocycles. The summed E-state index contributed by atoms with van der Waals surface area (Å²) in [5, 5.41) is 13.8. The van der Waals surface area contributed by atoms with Crippen molar-refractivity contribution in [3.8, 4) is 11.5 Å². The van der Waals surface area contributed by atoms with Crippen LogP contribution in [0.15, 0.2) is 36.5 Å². The second-order valence-corrected chi connectivity index (χ2v) is 4.17. The van der Waals surface area contributed by atoms with Gasteiger partial charge in [-0.1, -0.05) is 0 Å². The van der Waals surface area contributed by atoms with E-state index in [9.17, 15) is 10.1 Å². The molecule has 0 fully saturated rings. The largest absolute Gasteiger partial charge is 0.493 e. The molecule has 2 rings (SSSR count). The lowest BCUT2D eigenvalue weighted by Crippen LogP contribution is -2.01. The van der Waals surface area contributed by atoms with Gasteiger partial charge in [-0.25, -0.2) is 0 Å². The quantitative estimate of drug-likeness (QED) is 0.649. The lowest BCUT2D eigenvalue weighted by atomic mass is 10.3. The molecule has 1 aromatic carbocycles. The fourth-order valence-corrected chi connectivity index (χ4v) is 1.76. The van der Waals surface area contributed by atoms with Crippen molar-refractivity contribution >= 4 is 11.4 Å². The Bertz CT molecular complexity index is 646. The molecule has 0 spiro atoms. The molecular formula is C14H15N3O4. The normalized spacial score (nSPS) is 10.0. The van der Waals surface area contributed by atoms with Crippen LogP contribution in [-0.2, 0) is 6.61 Å². The summed E-state index contributed by atoms with van der Waals surface area (Å²) in [6.07, 6.45) is 1.66. The average Bonchev–Trinajstić information content (AvgIpc) is 2.52. The summed E-state index contributed by atoms with van der Waals surface area (Å²) in [4.78, 5) is 14.5. The van der Waals surface area contributed by atoms with Gasteiger partial charge in [0.05, 0.1) is 23.8 Å². The van der Waals surface area contributed by atoms with Crippen molar-refractivity contribution < 1.29 is 14.4 Å². The number of nitro benzene ring substituents is 1. The van der Waals surface area contributed by atoms with Gasteiger partial charge in [-0.2, -0.15) is 0 Å².